The number of nitrogens with one attached hydrogen (secondary N) is 1. The van der Waals surface area contributed by atoms with Gasteiger partial charge in [0, 0.05) is 5.92 Å². The monoisotopic (exact) mass is 276 g/mol. The molecule has 0 unspecified atom stereocenters. The third-order valence-corrected chi connectivity index (χ3v) is 2.63. The van der Waals surface area contributed by atoms with E-state index in [0.29, 0.717) is 23.2 Å². The zero-order chi connectivity index (χ0) is 14.7. The molecule has 20 heavy (non-hydrogen) atoms. The van der Waals surface area contributed by atoms with Crippen molar-refractivity contribution in [3.63, 3.8) is 0 Å². The van der Waals surface area contributed by atoms with Gasteiger partial charge in [-0.25, -0.2) is 19.7 Å². The Kier molecular flexibility index (Phi) is 3.97. The molecule has 106 valence electrons. The fourth-order valence-electron chi connectivity index (χ4n) is 1.62. The number of carboxylic acid groups (broad SMARTS) is 1. The van der Waals surface area contributed by atoms with Gasteiger partial charge in [0.1, 0.15) is 11.6 Å². The molecule has 2 rings (SSSR count). The van der Waals surface area contributed by atoms with Crippen LogP contribution in [0.2, 0.25) is 0 Å². The molecule has 0 amide bonds. The molecule has 0 spiro atoms. The third-order valence-electron chi connectivity index (χ3n) is 2.63. The topological polar surface area (TPSA) is 101 Å². The summed E-state index contributed by atoms with van der Waals surface area (Å²) < 4.78 is 5.31. The average Bonchev–Trinajstić information content (AvgIpc) is 2.81. The Labute approximate surface area is 116 Å². The summed E-state index contributed by atoms with van der Waals surface area (Å²) in [6.45, 7) is 5.88. The first kappa shape index (κ1) is 14.0. The highest BCUT2D eigenvalue weighted by Crippen LogP contribution is 2.17. The van der Waals surface area contributed by atoms with Gasteiger partial charge in [0.15, 0.2) is 5.69 Å². The molecule has 0 atom stereocenters. The largest absolute Gasteiger partial charge is 0.476 e. The zero-order valence-electron chi connectivity index (χ0n) is 11.5. The molecular formula is C13H16N4O3. The first-order valence-corrected chi connectivity index (χ1v) is 6.22. The van der Waals surface area contributed by atoms with Gasteiger partial charge in [-0.05, 0) is 6.92 Å². The number of aromatic carboxylic acids is 1. The number of carbonyl (C=O) groups is 1. The number of rotatable bonds is 5. The predicted octanol–water partition coefficient (Wildman–Crippen LogP) is 2.21. The maximum absolute atomic E-state index is 11.2. The molecule has 0 radical (unpaired) electrons. The number of hydrogen-bond acceptors (Lipinski definition) is 6. The summed E-state index contributed by atoms with van der Waals surface area (Å²) in [6, 6.07) is 0. The van der Waals surface area contributed by atoms with Crippen molar-refractivity contribution in [1.82, 2.24) is 15.0 Å². The van der Waals surface area contributed by atoms with Gasteiger partial charge in [0.05, 0.1) is 24.6 Å². The Bertz CT molecular complexity index is 622. The van der Waals surface area contributed by atoms with E-state index < -0.39 is 5.97 Å². The Balaban J connectivity index is 2.20. The maximum atomic E-state index is 11.2. The molecule has 0 saturated carbocycles. The first-order valence-electron chi connectivity index (χ1n) is 6.22. The van der Waals surface area contributed by atoms with Gasteiger partial charge in [0.25, 0.3) is 0 Å². The molecule has 0 saturated heterocycles. The maximum Gasteiger partial charge on any atom is 0.356 e. The second-order valence-electron chi connectivity index (χ2n) is 4.67. The average molecular weight is 276 g/mol. The van der Waals surface area contributed by atoms with E-state index in [1.807, 2.05) is 13.8 Å². The third kappa shape index (κ3) is 3.11. The van der Waals surface area contributed by atoms with Crippen LogP contribution in [-0.4, -0.2) is 26.0 Å². The Morgan fingerprint density at radius 3 is 2.70 bits per heavy atom. The van der Waals surface area contributed by atoms with E-state index in [0.717, 1.165) is 0 Å². The van der Waals surface area contributed by atoms with Crippen LogP contribution in [0.25, 0.3) is 0 Å². The molecule has 0 bridgehead atoms. The molecule has 0 aromatic carbocycles. The van der Waals surface area contributed by atoms with Gasteiger partial charge in [-0.15, -0.1) is 0 Å². The van der Waals surface area contributed by atoms with Crippen molar-refractivity contribution in [3.8, 4) is 0 Å². The Hall–Kier alpha value is -2.44. The van der Waals surface area contributed by atoms with Crippen LogP contribution < -0.4 is 5.32 Å². The van der Waals surface area contributed by atoms with E-state index in [9.17, 15) is 9.90 Å². The van der Waals surface area contributed by atoms with Crippen LogP contribution in [-0.2, 0) is 6.54 Å². The van der Waals surface area contributed by atoms with Crippen LogP contribution in [0.1, 0.15) is 47.7 Å². The molecule has 2 aromatic heterocycles. The van der Waals surface area contributed by atoms with Crippen molar-refractivity contribution in [2.75, 3.05) is 5.32 Å². The van der Waals surface area contributed by atoms with Gasteiger partial charge in [-0.2, -0.15) is 0 Å². The van der Waals surface area contributed by atoms with Crippen molar-refractivity contribution in [2.45, 2.75) is 33.2 Å². The molecule has 2 N–H and O–H groups in total. The van der Waals surface area contributed by atoms with Crippen LogP contribution in [0.15, 0.2) is 16.8 Å². The van der Waals surface area contributed by atoms with E-state index in [1.165, 1.54) is 6.20 Å². The molecule has 2 heterocycles. The molecular weight excluding hydrogens is 260 g/mol. The lowest BCUT2D eigenvalue weighted by atomic mass is 10.2. The van der Waals surface area contributed by atoms with E-state index >= 15 is 0 Å². The van der Waals surface area contributed by atoms with Gasteiger partial charge < -0.3 is 14.8 Å². The molecule has 7 nitrogen and oxygen atoms in total. The van der Waals surface area contributed by atoms with E-state index in [-0.39, 0.29) is 18.2 Å². The van der Waals surface area contributed by atoms with Gasteiger partial charge in [-0.3, -0.25) is 0 Å². The highest BCUT2D eigenvalue weighted by molar-refractivity contribution is 5.91. The summed E-state index contributed by atoms with van der Waals surface area (Å²) in [5.74, 6) is 0.648. The summed E-state index contributed by atoms with van der Waals surface area (Å²) >= 11 is 0. The highest BCUT2D eigenvalue weighted by atomic mass is 16.4. The zero-order valence-corrected chi connectivity index (χ0v) is 11.5. The van der Waals surface area contributed by atoms with Crippen molar-refractivity contribution < 1.29 is 14.3 Å². The molecule has 0 aliphatic carbocycles. The van der Waals surface area contributed by atoms with Crippen LogP contribution in [0, 0.1) is 6.92 Å². The molecule has 0 aliphatic heterocycles. The molecule has 0 fully saturated rings. The SMILES string of the molecule is Cc1cnc(CNc2cnc(C(C)C)nc2C(=O)O)o1. The quantitative estimate of drug-likeness (QED) is 0.863. The van der Waals surface area contributed by atoms with Gasteiger partial charge in [-0.1, -0.05) is 13.8 Å². The number of aromatic nitrogens is 3. The molecule has 0 aliphatic rings. The predicted molar refractivity (Wildman–Crippen MR) is 71.6 cm³/mol. The number of aryl methyl sites for hydroxylation is 1. The number of anilines is 1. The minimum absolute atomic E-state index is 0.0491. The Morgan fingerprint density at radius 1 is 1.40 bits per heavy atom. The fourth-order valence-corrected chi connectivity index (χ4v) is 1.62. The van der Waals surface area contributed by atoms with E-state index in [2.05, 4.69) is 20.3 Å². The van der Waals surface area contributed by atoms with E-state index in [4.69, 9.17) is 4.42 Å². The number of carboxylic acids is 1. The van der Waals surface area contributed by atoms with Crippen LogP contribution in [0.4, 0.5) is 5.69 Å². The molecule has 2 aromatic rings. The van der Waals surface area contributed by atoms with Gasteiger partial charge >= 0.3 is 5.97 Å². The Morgan fingerprint density at radius 2 is 2.15 bits per heavy atom. The lowest BCUT2D eigenvalue weighted by molar-refractivity contribution is 0.0691. The summed E-state index contributed by atoms with van der Waals surface area (Å²) in [7, 11) is 0. The second kappa shape index (κ2) is 5.68. The summed E-state index contributed by atoms with van der Waals surface area (Å²) in [5, 5.41) is 12.1. The highest BCUT2D eigenvalue weighted by Gasteiger charge is 2.16. The number of oxazole rings is 1. The van der Waals surface area contributed by atoms with Crippen LogP contribution >= 0.6 is 0 Å². The standard InChI is InChI=1S/C13H16N4O3/c1-7(2)12-16-5-9(11(17-12)13(18)19)14-6-10-15-4-8(3)20-10/h4-5,7,14H,6H2,1-3H3,(H,18,19). The normalized spacial score (nSPS) is 10.8. The lowest BCUT2D eigenvalue weighted by Gasteiger charge is -2.09. The number of hydrogen-bond donors (Lipinski definition) is 2. The van der Waals surface area contributed by atoms with Crippen LogP contribution in [0.3, 0.4) is 0 Å². The lowest BCUT2D eigenvalue weighted by Crippen LogP contribution is -2.12. The summed E-state index contributed by atoms with van der Waals surface area (Å²) in [5.41, 5.74) is 0.296. The fraction of sp³-hybridized carbons (Fsp3) is 0.385. The molecule has 7 heteroatoms. The van der Waals surface area contributed by atoms with E-state index in [1.54, 1.807) is 13.1 Å². The van der Waals surface area contributed by atoms with Gasteiger partial charge in [0.2, 0.25) is 5.89 Å². The minimum Gasteiger partial charge on any atom is -0.476 e. The van der Waals surface area contributed by atoms with Crippen molar-refractivity contribution >= 4 is 11.7 Å². The van der Waals surface area contributed by atoms with Crippen molar-refractivity contribution in [1.29, 1.82) is 0 Å². The van der Waals surface area contributed by atoms with Crippen LogP contribution in [0.5, 0.6) is 0 Å². The van der Waals surface area contributed by atoms with Crippen molar-refractivity contribution in [2.24, 2.45) is 0 Å². The summed E-state index contributed by atoms with van der Waals surface area (Å²) in [6.07, 6.45) is 3.08. The first-order chi connectivity index (χ1) is 9.47. The summed E-state index contributed by atoms with van der Waals surface area (Å²) in [4.78, 5) is 23.5. The number of nitrogens with zero attached hydrogens (tertiary/aromatic N) is 3. The second-order valence-corrected chi connectivity index (χ2v) is 4.67. The smallest absolute Gasteiger partial charge is 0.356 e. The minimum atomic E-state index is -1.10. The van der Waals surface area contributed by atoms with Crippen molar-refractivity contribution in [3.05, 3.63) is 35.6 Å².